The third-order valence-electron chi connectivity index (χ3n) is 6.60. The van der Waals surface area contributed by atoms with Crippen molar-refractivity contribution in [2.24, 2.45) is 5.73 Å². The summed E-state index contributed by atoms with van der Waals surface area (Å²) in [6, 6.07) is 14.8. The van der Waals surface area contributed by atoms with Crippen molar-refractivity contribution in [2.45, 2.75) is 89.3 Å². The van der Waals surface area contributed by atoms with Crippen molar-refractivity contribution >= 4 is 69.5 Å². The van der Waals surface area contributed by atoms with E-state index in [1.165, 1.54) is 11.3 Å². The summed E-state index contributed by atoms with van der Waals surface area (Å²) in [6.45, 7) is 11.7. The number of anilines is 3. The number of aryl methyl sites for hydroxylation is 1. The van der Waals surface area contributed by atoms with Crippen LogP contribution in [0.4, 0.5) is 26.1 Å². The molecule has 0 aliphatic heterocycles. The number of carbonyl (C=O) groups is 3. The molecule has 280 valence electrons. The van der Waals surface area contributed by atoms with Crippen LogP contribution in [-0.4, -0.2) is 75.5 Å². The third kappa shape index (κ3) is 18.1. The quantitative estimate of drug-likeness (QED) is 0.0619. The zero-order valence-electron chi connectivity index (χ0n) is 30.5. The Balaban J connectivity index is 1.27. The van der Waals surface area contributed by atoms with Gasteiger partial charge in [0, 0.05) is 24.3 Å². The van der Waals surface area contributed by atoms with Crippen LogP contribution in [0, 0.1) is 0 Å². The molecule has 16 heteroatoms. The molecule has 0 aliphatic carbocycles. The van der Waals surface area contributed by atoms with Crippen molar-refractivity contribution in [3.8, 4) is 0 Å². The lowest BCUT2D eigenvalue weighted by Gasteiger charge is -2.21. The van der Waals surface area contributed by atoms with E-state index in [1.807, 2.05) is 63.8 Å². The number of aromatic nitrogens is 2. The van der Waals surface area contributed by atoms with Gasteiger partial charge in [-0.15, -0.1) is 22.0 Å². The minimum Gasteiger partial charge on any atom is -0.444 e. The van der Waals surface area contributed by atoms with E-state index in [4.69, 9.17) is 15.2 Å². The average molecular weight is 761 g/mol. The summed E-state index contributed by atoms with van der Waals surface area (Å²) >= 11 is 4.85. The van der Waals surface area contributed by atoms with Gasteiger partial charge in [-0.3, -0.25) is 26.1 Å². The van der Waals surface area contributed by atoms with E-state index >= 15 is 0 Å². The number of hydrogen-bond acceptors (Lipinski definition) is 13. The molecular formula is C35H52N8O5S3. The summed E-state index contributed by atoms with van der Waals surface area (Å²) in [4.78, 5) is 36.5. The average Bonchev–Trinajstić information content (AvgIpc) is 3.47. The van der Waals surface area contributed by atoms with E-state index < -0.39 is 23.4 Å². The number of ether oxygens (including phenoxy) is 2. The van der Waals surface area contributed by atoms with Gasteiger partial charge in [0.25, 0.3) is 0 Å². The molecule has 1 heterocycles. The minimum absolute atomic E-state index is 0.0219. The molecule has 0 aliphatic rings. The van der Waals surface area contributed by atoms with Gasteiger partial charge in [0.1, 0.15) is 21.7 Å². The summed E-state index contributed by atoms with van der Waals surface area (Å²) < 4.78 is 10.6. The summed E-state index contributed by atoms with van der Waals surface area (Å²) in [6.07, 6.45) is 1.62. The van der Waals surface area contributed by atoms with Crippen LogP contribution >= 0.6 is 34.9 Å². The van der Waals surface area contributed by atoms with Gasteiger partial charge in [0.15, 0.2) is 0 Å². The van der Waals surface area contributed by atoms with Gasteiger partial charge >= 0.3 is 12.2 Å². The molecule has 3 amide bonds. The first kappa shape index (κ1) is 42.0. The second kappa shape index (κ2) is 20.6. The van der Waals surface area contributed by atoms with Crippen LogP contribution in [0.3, 0.4) is 0 Å². The topological polar surface area (TPSA) is 182 Å². The van der Waals surface area contributed by atoms with Crippen LogP contribution in [0.2, 0.25) is 0 Å². The summed E-state index contributed by atoms with van der Waals surface area (Å²) in [7, 11) is 1.91. The Morgan fingerprint density at radius 1 is 0.804 bits per heavy atom. The fourth-order valence-corrected chi connectivity index (χ4v) is 7.28. The lowest BCUT2D eigenvalue weighted by atomic mass is 10.1. The SMILES string of the molecule is CNC(NCCc1ccc(NC(=O)OC(C)(C)C)cc1)SC(N)CCSCCc1nnc(NC(=O)Cc2ccc(NC(=O)OC(C)(C)C)cc2)s1. The van der Waals surface area contributed by atoms with E-state index in [1.54, 1.807) is 56.8 Å². The highest BCUT2D eigenvalue weighted by atomic mass is 32.2. The molecule has 7 N–H and O–H groups in total. The minimum atomic E-state index is -0.584. The Bertz CT molecular complexity index is 1530. The number of benzene rings is 2. The Morgan fingerprint density at radius 2 is 1.37 bits per heavy atom. The normalized spacial score (nSPS) is 12.9. The van der Waals surface area contributed by atoms with Gasteiger partial charge in [0.05, 0.1) is 11.8 Å². The molecule has 13 nitrogen and oxygen atoms in total. The fraction of sp³-hybridized carbons (Fsp3) is 0.514. The number of nitrogens with two attached hydrogens (primary N) is 1. The van der Waals surface area contributed by atoms with Crippen LogP contribution in [0.15, 0.2) is 48.5 Å². The Labute approximate surface area is 313 Å². The molecule has 0 spiro atoms. The van der Waals surface area contributed by atoms with E-state index in [0.29, 0.717) is 16.5 Å². The molecule has 1 aromatic heterocycles. The van der Waals surface area contributed by atoms with Crippen molar-refractivity contribution in [1.82, 2.24) is 20.8 Å². The molecule has 3 aromatic rings. The first-order valence-electron chi connectivity index (χ1n) is 16.8. The third-order valence-corrected chi connectivity index (χ3v) is 9.78. The number of amides is 3. The van der Waals surface area contributed by atoms with Crippen molar-refractivity contribution < 1.29 is 23.9 Å². The number of rotatable bonds is 18. The Hall–Kier alpha value is -3.41. The van der Waals surface area contributed by atoms with Gasteiger partial charge in [-0.25, -0.2) is 9.59 Å². The van der Waals surface area contributed by atoms with Crippen LogP contribution < -0.4 is 32.3 Å². The summed E-state index contributed by atoms with van der Waals surface area (Å²) in [5, 5.41) is 24.7. The highest BCUT2D eigenvalue weighted by Crippen LogP contribution is 2.21. The Morgan fingerprint density at radius 3 is 1.92 bits per heavy atom. The number of carbonyl (C=O) groups excluding carboxylic acids is 3. The van der Waals surface area contributed by atoms with Gasteiger partial charge in [0.2, 0.25) is 11.0 Å². The van der Waals surface area contributed by atoms with Gasteiger partial charge < -0.3 is 20.5 Å². The molecule has 2 atom stereocenters. The summed E-state index contributed by atoms with van der Waals surface area (Å²) in [5.41, 5.74) is 8.54. The lowest BCUT2D eigenvalue weighted by molar-refractivity contribution is -0.115. The molecule has 0 radical (unpaired) electrons. The second-order valence-corrected chi connectivity index (χ2v) is 17.2. The smallest absolute Gasteiger partial charge is 0.412 e. The standard InChI is InChI=1S/C35H52N8O5S3/c1-34(2,3)47-32(45)39-25-12-8-23(9-13-25)16-19-38-30(37-7)50-27(36)17-20-49-21-18-29-42-43-31(51-29)41-28(44)22-24-10-14-26(15-11-24)40-33(46)48-35(4,5)6/h8-15,27,30,37-38H,16-22,36H2,1-7H3,(H,39,45)(H,40,46)(H,41,43,44). The first-order valence-corrected chi connectivity index (χ1v) is 19.7. The van der Waals surface area contributed by atoms with E-state index in [2.05, 4.69) is 36.8 Å². The van der Waals surface area contributed by atoms with Crippen LogP contribution in [0.1, 0.15) is 64.1 Å². The van der Waals surface area contributed by atoms with Crippen molar-refractivity contribution in [2.75, 3.05) is 41.0 Å². The molecule has 0 fully saturated rings. The number of thioether (sulfide) groups is 2. The summed E-state index contributed by atoms with van der Waals surface area (Å²) in [5.74, 6) is 1.61. The Kier molecular flexibility index (Phi) is 17.0. The largest absolute Gasteiger partial charge is 0.444 e. The molecule has 2 aromatic carbocycles. The van der Waals surface area contributed by atoms with Crippen molar-refractivity contribution in [3.05, 3.63) is 64.7 Å². The molecule has 0 bridgehead atoms. The van der Waals surface area contributed by atoms with Crippen molar-refractivity contribution in [1.29, 1.82) is 0 Å². The van der Waals surface area contributed by atoms with E-state index in [9.17, 15) is 14.4 Å². The zero-order chi connectivity index (χ0) is 37.4. The molecule has 3 rings (SSSR count). The van der Waals surface area contributed by atoms with Crippen LogP contribution in [-0.2, 0) is 33.5 Å². The molecule has 51 heavy (non-hydrogen) atoms. The predicted octanol–water partition coefficient (Wildman–Crippen LogP) is 6.43. The van der Waals surface area contributed by atoms with Crippen LogP contribution in [0.25, 0.3) is 0 Å². The molecule has 0 saturated carbocycles. The van der Waals surface area contributed by atoms with Crippen LogP contribution in [0.5, 0.6) is 0 Å². The monoisotopic (exact) mass is 760 g/mol. The zero-order valence-corrected chi connectivity index (χ0v) is 32.9. The first-order chi connectivity index (χ1) is 24.1. The fourth-order valence-electron chi connectivity index (χ4n) is 4.33. The number of nitrogens with zero attached hydrogens (tertiary/aromatic N) is 2. The second-order valence-electron chi connectivity index (χ2n) is 13.6. The highest BCUT2D eigenvalue weighted by Gasteiger charge is 2.18. The molecule has 0 saturated heterocycles. The number of nitrogens with one attached hydrogen (secondary N) is 5. The maximum Gasteiger partial charge on any atom is 0.412 e. The van der Waals surface area contributed by atoms with Gasteiger partial charge in [-0.2, -0.15) is 11.8 Å². The molecular weight excluding hydrogens is 709 g/mol. The predicted molar refractivity (Wildman–Crippen MR) is 211 cm³/mol. The van der Waals surface area contributed by atoms with Crippen molar-refractivity contribution in [3.63, 3.8) is 0 Å². The number of hydrogen-bond donors (Lipinski definition) is 6. The van der Waals surface area contributed by atoms with E-state index in [0.717, 1.165) is 53.4 Å². The highest BCUT2D eigenvalue weighted by molar-refractivity contribution is 8.00. The maximum absolute atomic E-state index is 12.6. The molecule has 2 unspecified atom stereocenters. The van der Waals surface area contributed by atoms with E-state index in [-0.39, 0.29) is 23.2 Å². The maximum atomic E-state index is 12.6. The van der Waals surface area contributed by atoms with Gasteiger partial charge in [-0.05, 0) is 108 Å². The van der Waals surface area contributed by atoms with Gasteiger partial charge in [-0.1, -0.05) is 35.6 Å². The lowest BCUT2D eigenvalue weighted by Crippen LogP contribution is -2.41.